The van der Waals surface area contributed by atoms with Crippen molar-refractivity contribution in [1.29, 1.82) is 0 Å². The molecular formula is C15H18F5NO4. The molecule has 1 aromatic carbocycles. The first-order chi connectivity index (χ1) is 11.6. The lowest BCUT2D eigenvalue weighted by Crippen LogP contribution is -2.62. The number of hydrogen-bond acceptors (Lipinski definition) is 5. The molecule has 1 saturated heterocycles. The molecule has 1 heterocycles. The minimum atomic E-state index is -4.88. The van der Waals surface area contributed by atoms with Gasteiger partial charge >= 0.3 is 6.18 Å². The molecule has 1 aliphatic heterocycles. The molecule has 5 nitrogen and oxygen atoms in total. The van der Waals surface area contributed by atoms with Gasteiger partial charge in [0.05, 0.1) is 24.3 Å². The monoisotopic (exact) mass is 371 g/mol. The van der Waals surface area contributed by atoms with Crippen molar-refractivity contribution in [1.82, 2.24) is 4.90 Å². The third kappa shape index (κ3) is 4.26. The van der Waals surface area contributed by atoms with Gasteiger partial charge < -0.3 is 20.4 Å². The lowest BCUT2D eigenvalue weighted by molar-refractivity contribution is -0.144. The molecule has 1 fully saturated rings. The van der Waals surface area contributed by atoms with Crippen molar-refractivity contribution in [3.05, 3.63) is 34.9 Å². The van der Waals surface area contributed by atoms with Gasteiger partial charge in [-0.25, -0.2) is 8.78 Å². The Balaban J connectivity index is 2.15. The van der Waals surface area contributed by atoms with Crippen LogP contribution in [0.5, 0.6) is 0 Å². The standard InChI is InChI=1S/C15H18F5NO4/c16-9-3-7(15(18,19)20)4-10(17)8(9)1-2-21-5-12(23)14(25)13(24)11(21)6-22/h3-4,11-14,22-25H,1-2,5-6H2/t11-,12+,13-,14-/m1/s1. The van der Waals surface area contributed by atoms with E-state index in [9.17, 15) is 42.4 Å². The van der Waals surface area contributed by atoms with Gasteiger partial charge in [-0.15, -0.1) is 0 Å². The Kier molecular flexibility index (Phi) is 6.00. The molecule has 0 amide bonds. The highest BCUT2D eigenvalue weighted by atomic mass is 19.4. The molecule has 4 N–H and O–H groups in total. The van der Waals surface area contributed by atoms with Crippen molar-refractivity contribution in [2.24, 2.45) is 0 Å². The molecule has 25 heavy (non-hydrogen) atoms. The molecule has 10 heteroatoms. The summed E-state index contributed by atoms with van der Waals surface area (Å²) in [6.07, 6.45) is -9.51. The predicted octanol–water partition coefficient (Wildman–Crippen LogP) is 0.285. The smallest absolute Gasteiger partial charge is 0.395 e. The zero-order chi connectivity index (χ0) is 18.9. The minimum Gasteiger partial charge on any atom is -0.395 e. The SMILES string of the molecule is OC[C@@H]1[C@@H](O)[C@H](O)[C@@H](O)CN1CCc1c(F)cc(C(F)(F)F)cc1F. The quantitative estimate of drug-likeness (QED) is 0.572. The highest BCUT2D eigenvalue weighted by Crippen LogP contribution is 2.31. The molecular weight excluding hydrogens is 353 g/mol. The average molecular weight is 371 g/mol. The Morgan fingerprint density at radius 1 is 1.04 bits per heavy atom. The number of benzene rings is 1. The largest absolute Gasteiger partial charge is 0.416 e. The number of hydrogen-bond donors (Lipinski definition) is 4. The number of nitrogens with zero attached hydrogens (tertiary/aromatic N) is 1. The molecule has 0 radical (unpaired) electrons. The van der Waals surface area contributed by atoms with Gasteiger partial charge in [0.25, 0.3) is 0 Å². The zero-order valence-corrected chi connectivity index (χ0v) is 12.9. The number of alkyl halides is 3. The van der Waals surface area contributed by atoms with Gasteiger partial charge in [0.15, 0.2) is 0 Å². The van der Waals surface area contributed by atoms with E-state index in [1.165, 1.54) is 4.90 Å². The van der Waals surface area contributed by atoms with Crippen LogP contribution in [0.2, 0.25) is 0 Å². The minimum absolute atomic E-state index is 0.148. The van der Waals surface area contributed by atoms with Crippen molar-refractivity contribution < 1.29 is 42.4 Å². The maximum Gasteiger partial charge on any atom is 0.416 e. The highest BCUT2D eigenvalue weighted by molar-refractivity contribution is 5.28. The van der Waals surface area contributed by atoms with E-state index < -0.39 is 59.9 Å². The third-order valence-electron chi connectivity index (χ3n) is 4.33. The molecule has 0 aromatic heterocycles. The van der Waals surface area contributed by atoms with Crippen LogP contribution in [0.15, 0.2) is 12.1 Å². The molecule has 4 atom stereocenters. The number of rotatable bonds is 4. The van der Waals surface area contributed by atoms with Crippen LogP contribution in [0.25, 0.3) is 0 Å². The lowest BCUT2D eigenvalue weighted by atomic mass is 9.93. The van der Waals surface area contributed by atoms with Crippen molar-refractivity contribution in [2.75, 3.05) is 19.7 Å². The van der Waals surface area contributed by atoms with Gasteiger partial charge in [0.2, 0.25) is 0 Å². The first-order valence-electron chi connectivity index (χ1n) is 7.50. The Bertz CT molecular complexity index is 589. The zero-order valence-electron chi connectivity index (χ0n) is 12.9. The van der Waals surface area contributed by atoms with Crippen LogP contribution in [-0.4, -0.2) is 69.4 Å². The van der Waals surface area contributed by atoms with Gasteiger partial charge in [0.1, 0.15) is 23.8 Å². The van der Waals surface area contributed by atoms with Crippen LogP contribution in [-0.2, 0) is 12.6 Å². The Morgan fingerprint density at radius 2 is 1.60 bits per heavy atom. The topological polar surface area (TPSA) is 84.2 Å². The average Bonchev–Trinajstić information content (AvgIpc) is 2.51. The summed E-state index contributed by atoms with van der Waals surface area (Å²) >= 11 is 0. The summed E-state index contributed by atoms with van der Waals surface area (Å²) in [6.45, 7) is -0.901. The van der Waals surface area contributed by atoms with E-state index in [2.05, 4.69) is 0 Å². The van der Waals surface area contributed by atoms with E-state index in [1.807, 2.05) is 0 Å². The molecule has 1 aromatic rings. The van der Waals surface area contributed by atoms with Crippen molar-refractivity contribution in [3.63, 3.8) is 0 Å². The number of aliphatic hydroxyl groups is 4. The second-order valence-electron chi connectivity index (χ2n) is 5.96. The van der Waals surface area contributed by atoms with Gasteiger partial charge in [-0.1, -0.05) is 0 Å². The molecule has 2 rings (SSSR count). The summed E-state index contributed by atoms with van der Waals surface area (Å²) in [5.41, 5.74) is -2.01. The first-order valence-corrected chi connectivity index (χ1v) is 7.50. The van der Waals surface area contributed by atoms with Crippen LogP contribution in [0.3, 0.4) is 0 Å². The number of likely N-dealkylation sites (tertiary alicyclic amines) is 1. The summed E-state index contributed by atoms with van der Waals surface area (Å²) in [7, 11) is 0. The molecule has 1 aliphatic rings. The molecule has 0 aliphatic carbocycles. The number of halogens is 5. The number of aliphatic hydroxyl groups excluding tert-OH is 4. The van der Waals surface area contributed by atoms with Gasteiger partial charge in [-0.3, -0.25) is 4.90 Å². The van der Waals surface area contributed by atoms with Crippen molar-refractivity contribution in [2.45, 2.75) is 37.0 Å². The summed E-state index contributed by atoms with van der Waals surface area (Å²) in [6, 6.07) is -0.573. The molecule has 0 spiro atoms. The number of piperidine rings is 1. The fraction of sp³-hybridized carbons (Fsp3) is 0.600. The van der Waals surface area contributed by atoms with Gasteiger partial charge in [-0.05, 0) is 18.6 Å². The Labute approximate surface area is 139 Å². The van der Waals surface area contributed by atoms with Crippen LogP contribution in [0.4, 0.5) is 22.0 Å². The second kappa shape index (κ2) is 7.50. The van der Waals surface area contributed by atoms with Gasteiger partial charge in [-0.2, -0.15) is 13.2 Å². The summed E-state index contributed by atoms with van der Waals surface area (Å²) < 4.78 is 65.3. The Morgan fingerprint density at radius 3 is 2.08 bits per heavy atom. The normalized spacial score (nSPS) is 28.4. The predicted molar refractivity (Wildman–Crippen MR) is 75.5 cm³/mol. The van der Waals surface area contributed by atoms with Crippen LogP contribution >= 0.6 is 0 Å². The molecule has 0 saturated carbocycles. The number of β-amino-alcohol motifs (C(OH)–C–C–N with tert-alkyl or cyclic N) is 1. The maximum atomic E-state index is 13.8. The van der Waals surface area contributed by atoms with Gasteiger partial charge in [0, 0.05) is 18.7 Å². The van der Waals surface area contributed by atoms with E-state index in [0.717, 1.165) is 0 Å². The fourth-order valence-electron chi connectivity index (χ4n) is 2.90. The first kappa shape index (κ1) is 20.0. The summed E-state index contributed by atoms with van der Waals surface area (Å²) in [5, 5.41) is 38.4. The highest BCUT2D eigenvalue weighted by Gasteiger charge is 2.41. The van der Waals surface area contributed by atoms with E-state index in [-0.39, 0.29) is 31.6 Å². The molecule has 142 valence electrons. The molecule has 0 unspecified atom stereocenters. The third-order valence-corrected chi connectivity index (χ3v) is 4.33. The van der Waals surface area contributed by atoms with Crippen LogP contribution in [0.1, 0.15) is 11.1 Å². The fourth-order valence-corrected chi connectivity index (χ4v) is 2.90. The van der Waals surface area contributed by atoms with E-state index in [1.54, 1.807) is 0 Å². The van der Waals surface area contributed by atoms with E-state index in [4.69, 9.17) is 0 Å². The molecule has 0 bridgehead atoms. The summed E-state index contributed by atoms with van der Waals surface area (Å²) in [5.74, 6) is -2.71. The summed E-state index contributed by atoms with van der Waals surface area (Å²) in [4.78, 5) is 1.32. The second-order valence-corrected chi connectivity index (χ2v) is 5.96. The van der Waals surface area contributed by atoms with Crippen LogP contribution in [0, 0.1) is 11.6 Å². The Hall–Kier alpha value is -1.33. The van der Waals surface area contributed by atoms with Crippen molar-refractivity contribution in [3.8, 4) is 0 Å². The lowest BCUT2D eigenvalue weighted by Gasteiger charge is -2.43. The maximum absolute atomic E-state index is 13.8. The van der Waals surface area contributed by atoms with Crippen LogP contribution < -0.4 is 0 Å². The van der Waals surface area contributed by atoms with E-state index in [0.29, 0.717) is 0 Å². The van der Waals surface area contributed by atoms with Crippen molar-refractivity contribution >= 4 is 0 Å². The van der Waals surface area contributed by atoms with E-state index >= 15 is 0 Å².